The van der Waals surface area contributed by atoms with Crippen LogP contribution in [0, 0.1) is 13.8 Å². The molecule has 5 aromatic rings. The Balaban J connectivity index is 0.000000259. The van der Waals surface area contributed by atoms with Gasteiger partial charge in [-0.2, -0.15) is 0 Å². The minimum atomic E-state index is -1.14. The number of aliphatic hydroxyl groups is 1. The van der Waals surface area contributed by atoms with Gasteiger partial charge in [0.2, 0.25) is 0 Å². The Hall–Kier alpha value is -7.07. The van der Waals surface area contributed by atoms with Gasteiger partial charge in [-0.3, -0.25) is 0 Å². The Labute approximate surface area is 378 Å². The molecular weight excluding hydrogens is 863 g/mol. The van der Waals surface area contributed by atoms with Crippen molar-refractivity contribution in [3.63, 3.8) is 0 Å². The number of ether oxygens (including phenoxy) is 1. The third-order valence-electron chi connectivity index (χ3n) is 11.7. The van der Waals surface area contributed by atoms with Gasteiger partial charge in [0.05, 0.1) is 28.9 Å². The van der Waals surface area contributed by atoms with E-state index in [0.29, 0.717) is 28.0 Å². The number of nitrogens with zero attached hydrogens (tertiary/aromatic N) is 2. The second-order valence-corrected chi connectivity index (χ2v) is 15.7. The zero-order valence-electron chi connectivity index (χ0n) is 35.5. The Kier molecular flexibility index (Phi) is 13.6. The molecule has 0 fully saturated rings. The van der Waals surface area contributed by atoms with Crippen LogP contribution < -0.4 is 14.9 Å². The van der Waals surface area contributed by atoms with Crippen molar-refractivity contribution in [3.05, 3.63) is 130 Å². The molecule has 7 N–H and O–H groups in total. The van der Waals surface area contributed by atoms with E-state index < -0.39 is 24.1 Å². The summed E-state index contributed by atoms with van der Waals surface area (Å²) in [6.45, 7) is 15.9. The summed E-state index contributed by atoms with van der Waals surface area (Å²) in [5.41, 5.74) is 14.2. The maximum absolute atomic E-state index is 11.4. The molecule has 15 heteroatoms. The van der Waals surface area contributed by atoms with Crippen molar-refractivity contribution in [2.75, 3.05) is 0 Å². The van der Waals surface area contributed by atoms with Crippen LogP contribution in [0.15, 0.2) is 73.8 Å². The summed E-state index contributed by atoms with van der Waals surface area (Å²) in [6, 6.07) is 14.4. The van der Waals surface area contributed by atoms with Crippen molar-refractivity contribution < 1.29 is 66.9 Å². The van der Waals surface area contributed by atoms with Crippen LogP contribution in [0.25, 0.3) is 50.4 Å². The summed E-state index contributed by atoms with van der Waals surface area (Å²) in [4.78, 5) is 39.7. The number of carbonyl (C=O) groups is 2. The second-order valence-electron chi connectivity index (χ2n) is 15.7. The number of aliphatic carboxylic acids is 2. The third-order valence-corrected chi connectivity index (χ3v) is 11.7. The quantitative estimate of drug-likeness (QED) is 0.0797. The van der Waals surface area contributed by atoms with Gasteiger partial charge in [0.15, 0.2) is 11.5 Å². The smallest absolute Gasteiger partial charge is 0.550 e. The van der Waals surface area contributed by atoms with Crippen LogP contribution in [0.1, 0.15) is 95.4 Å². The number of hydrogen-bond acceptors (Lipinski definition) is 12. The number of aryl methyl sites for hydroxylation is 3. The SMILES string of the molecule is C=CC1=C(C)c2cc3[nH]c(cc4nc(cc5[nH]c(cc1n2)c(C)c5CCC(=O)[O-])C(CCC(=O)[O-])=C4C)c(C)c3C=C.Oc1cc(O)c2c(c1)OC(c1ccc(O)c(O)c1)C(O)C2.[Co+2]. The van der Waals surface area contributed by atoms with E-state index >= 15 is 0 Å². The van der Waals surface area contributed by atoms with Crippen molar-refractivity contribution >= 4 is 62.4 Å². The molecule has 0 amide bonds. The largest absolute Gasteiger partial charge is 2.00 e. The predicted octanol–water partition coefficient (Wildman–Crippen LogP) is 6.38. The van der Waals surface area contributed by atoms with Gasteiger partial charge in [-0.1, -0.05) is 31.4 Å². The number of carboxylic acid groups (broad SMARTS) is 2. The zero-order chi connectivity index (χ0) is 45.4. The number of H-pyrrole nitrogens is 2. The van der Waals surface area contributed by atoms with E-state index in [2.05, 4.69) is 23.1 Å². The Bertz CT molecular complexity index is 2980. The maximum Gasteiger partial charge on any atom is 2.00 e. The number of aromatic nitrogens is 4. The molecule has 3 aliphatic rings. The van der Waals surface area contributed by atoms with E-state index in [1.54, 1.807) is 6.08 Å². The normalized spacial score (nSPS) is 15.3. The van der Waals surface area contributed by atoms with Gasteiger partial charge in [-0.15, -0.1) is 0 Å². The van der Waals surface area contributed by atoms with Crippen LogP contribution in [0.4, 0.5) is 0 Å². The molecule has 2 aromatic carbocycles. The molecular formula is C49H46CoN4O10. The average Bonchev–Trinajstić information content (AvgIpc) is 3.89. The van der Waals surface area contributed by atoms with Crippen molar-refractivity contribution in [2.45, 2.75) is 72.0 Å². The van der Waals surface area contributed by atoms with E-state index in [1.807, 2.05) is 58.0 Å². The summed E-state index contributed by atoms with van der Waals surface area (Å²) in [7, 11) is 0. The number of benzene rings is 2. The van der Waals surface area contributed by atoms with Gasteiger partial charge in [-0.05, 0) is 129 Å². The molecule has 0 aliphatic carbocycles. The molecule has 64 heavy (non-hydrogen) atoms. The van der Waals surface area contributed by atoms with Crippen molar-refractivity contribution in [1.82, 2.24) is 19.9 Å². The molecule has 0 saturated carbocycles. The molecule has 6 heterocycles. The summed E-state index contributed by atoms with van der Waals surface area (Å²) in [5.74, 6) is -2.87. The fraction of sp³-hybridized carbons (Fsp3) is 0.224. The van der Waals surface area contributed by atoms with Crippen LogP contribution in [0.3, 0.4) is 0 Å². The Morgan fingerprint density at radius 1 is 0.734 bits per heavy atom. The van der Waals surface area contributed by atoms with Gasteiger partial charge in [0.25, 0.3) is 0 Å². The van der Waals surface area contributed by atoms with E-state index in [1.165, 1.54) is 30.3 Å². The second kappa shape index (κ2) is 18.7. The topological polar surface area (TPSA) is 248 Å². The van der Waals surface area contributed by atoms with E-state index in [-0.39, 0.29) is 77.6 Å². The summed E-state index contributed by atoms with van der Waals surface area (Å²) < 4.78 is 5.62. The number of fused-ring (bicyclic) bond motifs is 9. The standard InChI is InChI=1S/C34H34N4O4.C15H14O6.Co/c1-7-21-17(3)25-13-26-19(5)23(9-11-33(39)40)31(37-26)16-32-24(10-12-34(41)42)20(6)28(38-32)15-30-22(8-2)18(4)27(36-30)14-29(21)35-25;16-8-4-11(18)9-6-13(20)15(21-14(9)5-8)7-1-2-10(17)12(19)3-7;/h7-8,13-16,35,38H,1-2,9-12H2,3-6H3,(H,39,40)(H,41,42);1-5,13,15-20H,6H2;/q;;+2/p-2. The van der Waals surface area contributed by atoms with Crippen LogP contribution >= 0.6 is 0 Å². The van der Waals surface area contributed by atoms with Crippen LogP contribution in [-0.4, -0.2) is 63.5 Å². The number of aromatic amines is 2. The van der Waals surface area contributed by atoms with Crippen LogP contribution in [0.2, 0.25) is 0 Å². The number of rotatable bonds is 9. The number of aromatic hydroxyl groups is 4. The van der Waals surface area contributed by atoms with E-state index in [9.17, 15) is 45.3 Å². The molecule has 3 aromatic heterocycles. The molecule has 331 valence electrons. The number of aliphatic hydroxyl groups excluding tert-OH is 1. The molecule has 2 atom stereocenters. The van der Waals surface area contributed by atoms with Gasteiger partial charge in [-0.25, -0.2) is 9.97 Å². The number of phenolic OH excluding ortho intramolecular Hbond substituents is 4. The number of phenols is 4. The molecule has 0 saturated heterocycles. The summed E-state index contributed by atoms with van der Waals surface area (Å²) in [6.07, 6.45) is 2.25. The van der Waals surface area contributed by atoms with Crippen molar-refractivity contribution in [2.24, 2.45) is 0 Å². The zero-order valence-corrected chi connectivity index (χ0v) is 36.5. The van der Waals surface area contributed by atoms with E-state index in [0.717, 1.165) is 72.5 Å². The molecule has 0 spiro atoms. The molecule has 3 aliphatic heterocycles. The van der Waals surface area contributed by atoms with Gasteiger partial charge < -0.3 is 60.0 Å². The minimum absolute atomic E-state index is 0. The van der Waals surface area contributed by atoms with Gasteiger partial charge >= 0.3 is 16.8 Å². The molecule has 1 radical (unpaired) electrons. The molecule has 8 rings (SSSR count). The number of allylic oxidation sites excluding steroid dienone is 5. The van der Waals surface area contributed by atoms with Crippen LogP contribution in [-0.2, 0) is 39.2 Å². The number of nitrogens with one attached hydrogen (secondary N) is 2. The Morgan fingerprint density at radius 2 is 1.34 bits per heavy atom. The first kappa shape index (κ1) is 46.4. The fourth-order valence-electron chi connectivity index (χ4n) is 8.23. The minimum Gasteiger partial charge on any atom is -0.550 e. The monoisotopic (exact) mass is 909 g/mol. The predicted molar refractivity (Wildman–Crippen MR) is 236 cm³/mol. The molecule has 8 bridgehead atoms. The molecule has 14 nitrogen and oxygen atoms in total. The average molecular weight is 910 g/mol. The third kappa shape index (κ3) is 9.18. The first-order valence-electron chi connectivity index (χ1n) is 20.2. The van der Waals surface area contributed by atoms with Crippen LogP contribution in [0.5, 0.6) is 28.7 Å². The van der Waals surface area contributed by atoms with Gasteiger partial charge in [0, 0.05) is 69.3 Å². The fourth-order valence-corrected chi connectivity index (χ4v) is 8.23. The number of carbonyl (C=O) groups excluding carboxylic acids is 2. The number of carboxylic acids is 2. The van der Waals surface area contributed by atoms with Crippen molar-refractivity contribution in [1.29, 1.82) is 0 Å². The van der Waals surface area contributed by atoms with E-state index in [4.69, 9.17) is 14.7 Å². The van der Waals surface area contributed by atoms with Crippen molar-refractivity contribution in [3.8, 4) is 28.7 Å². The number of hydrogen-bond donors (Lipinski definition) is 7. The Morgan fingerprint density at radius 3 is 2.02 bits per heavy atom. The summed E-state index contributed by atoms with van der Waals surface area (Å²) >= 11 is 0. The first-order chi connectivity index (χ1) is 30.0. The summed E-state index contributed by atoms with van der Waals surface area (Å²) in [5, 5.41) is 71.1. The van der Waals surface area contributed by atoms with Gasteiger partial charge in [0.1, 0.15) is 23.4 Å². The maximum atomic E-state index is 11.4. The first-order valence-corrected chi connectivity index (χ1v) is 20.2. The molecule has 2 unspecified atom stereocenters.